The predicted octanol–water partition coefficient (Wildman–Crippen LogP) is 1.66. The maximum Gasteiger partial charge on any atom is 0.251 e. The molecule has 0 aliphatic carbocycles. The van der Waals surface area contributed by atoms with Gasteiger partial charge in [-0.15, -0.1) is 0 Å². The molecule has 1 aromatic rings. The lowest BCUT2D eigenvalue weighted by atomic mass is 9.86. The number of nitrogens with two attached hydrogens (primary N) is 1. The summed E-state index contributed by atoms with van der Waals surface area (Å²) in [5, 5.41) is 3.09. The first kappa shape index (κ1) is 17.5. The second-order valence-corrected chi connectivity index (χ2v) is 7.32. The Bertz CT molecular complexity index is 553. The SMILES string of the molecule is CC(C)(C)c1ccc(C(=O)NC2CCN(CC(N)=O)CC2)cc1. The minimum absolute atomic E-state index is 0.0289. The molecule has 1 aliphatic rings. The Morgan fingerprint density at radius 1 is 1.17 bits per heavy atom. The molecule has 3 N–H and O–H groups in total. The fourth-order valence-electron chi connectivity index (χ4n) is 2.85. The molecule has 23 heavy (non-hydrogen) atoms. The summed E-state index contributed by atoms with van der Waals surface area (Å²) in [6.45, 7) is 8.34. The second kappa shape index (κ2) is 7.13. The van der Waals surface area contributed by atoms with Crippen LogP contribution < -0.4 is 11.1 Å². The monoisotopic (exact) mass is 317 g/mol. The average Bonchev–Trinajstić information content (AvgIpc) is 2.48. The molecule has 1 fully saturated rings. The van der Waals surface area contributed by atoms with Gasteiger partial charge in [0.25, 0.3) is 5.91 Å². The highest BCUT2D eigenvalue weighted by Crippen LogP contribution is 2.22. The average molecular weight is 317 g/mol. The molecule has 0 atom stereocenters. The third-order valence-electron chi connectivity index (χ3n) is 4.32. The molecule has 2 amide bonds. The lowest BCUT2D eigenvalue weighted by molar-refractivity contribution is -0.119. The number of amides is 2. The van der Waals surface area contributed by atoms with E-state index in [0.29, 0.717) is 12.1 Å². The van der Waals surface area contributed by atoms with Gasteiger partial charge in [-0.2, -0.15) is 0 Å². The number of primary amides is 1. The van der Waals surface area contributed by atoms with Gasteiger partial charge in [-0.05, 0) is 36.0 Å². The number of nitrogens with one attached hydrogen (secondary N) is 1. The number of carbonyl (C=O) groups excluding carboxylic acids is 2. The zero-order valence-electron chi connectivity index (χ0n) is 14.3. The summed E-state index contributed by atoms with van der Waals surface area (Å²) in [4.78, 5) is 25.3. The molecule has 0 unspecified atom stereocenters. The molecule has 1 heterocycles. The van der Waals surface area contributed by atoms with Crippen LogP contribution in [-0.4, -0.2) is 42.4 Å². The molecule has 0 aromatic heterocycles. The topological polar surface area (TPSA) is 75.4 Å². The van der Waals surface area contributed by atoms with E-state index in [1.807, 2.05) is 29.2 Å². The van der Waals surface area contributed by atoms with Crippen LogP contribution in [0.15, 0.2) is 24.3 Å². The van der Waals surface area contributed by atoms with Gasteiger partial charge in [0.15, 0.2) is 0 Å². The minimum Gasteiger partial charge on any atom is -0.369 e. The summed E-state index contributed by atoms with van der Waals surface area (Å²) >= 11 is 0. The van der Waals surface area contributed by atoms with Crippen molar-refractivity contribution in [2.24, 2.45) is 5.73 Å². The van der Waals surface area contributed by atoms with Crippen molar-refractivity contribution in [1.82, 2.24) is 10.2 Å². The van der Waals surface area contributed by atoms with Crippen molar-refractivity contribution in [3.05, 3.63) is 35.4 Å². The van der Waals surface area contributed by atoms with Crippen LogP contribution in [0.2, 0.25) is 0 Å². The molecule has 1 saturated heterocycles. The molecular weight excluding hydrogens is 290 g/mol. The van der Waals surface area contributed by atoms with Crippen molar-refractivity contribution in [2.45, 2.75) is 45.1 Å². The Morgan fingerprint density at radius 2 is 1.74 bits per heavy atom. The number of rotatable bonds is 4. The third-order valence-corrected chi connectivity index (χ3v) is 4.32. The van der Waals surface area contributed by atoms with E-state index >= 15 is 0 Å². The molecule has 1 aromatic carbocycles. The zero-order valence-corrected chi connectivity index (χ0v) is 14.3. The zero-order chi connectivity index (χ0) is 17.0. The number of likely N-dealkylation sites (tertiary alicyclic amines) is 1. The summed E-state index contributed by atoms with van der Waals surface area (Å²) in [7, 11) is 0. The van der Waals surface area contributed by atoms with Crippen molar-refractivity contribution < 1.29 is 9.59 Å². The largest absolute Gasteiger partial charge is 0.369 e. The van der Waals surface area contributed by atoms with E-state index in [4.69, 9.17) is 5.73 Å². The van der Waals surface area contributed by atoms with Gasteiger partial charge in [0.2, 0.25) is 5.91 Å². The smallest absolute Gasteiger partial charge is 0.251 e. The first-order valence-electron chi connectivity index (χ1n) is 8.18. The molecule has 5 nitrogen and oxygen atoms in total. The molecular formula is C18H27N3O2. The van der Waals surface area contributed by atoms with Crippen LogP contribution in [0.4, 0.5) is 0 Å². The van der Waals surface area contributed by atoms with Gasteiger partial charge in [0, 0.05) is 24.7 Å². The van der Waals surface area contributed by atoms with E-state index in [9.17, 15) is 9.59 Å². The van der Waals surface area contributed by atoms with Crippen LogP contribution in [0.5, 0.6) is 0 Å². The summed E-state index contributed by atoms with van der Waals surface area (Å²) in [5.74, 6) is -0.328. The highest BCUT2D eigenvalue weighted by atomic mass is 16.2. The molecule has 2 rings (SSSR count). The maximum atomic E-state index is 12.3. The van der Waals surface area contributed by atoms with Gasteiger partial charge < -0.3 is 11.1 Å². The minimum atomic E-state index is -0.300. The fourth-order valence-corrected chi connectivity index (χ4v) is 2.85. The van der Waals surface area contributed by atoms with Crippen LogP contribution >= 0.6 is 0 Å². The molecule has 126 valence electrons. The van der Waals surface area contributed by atoms with Crippen molar-refractivity contribution in [1.29, 1.82) is 0 Å². The van der Waals surface area contributed by atoms with Crippen LogP contribution in [-0.2, 0) is 10.2 Å². The number of carbonyl (C=O) groups is 2. The number of piperidine rings is 1. The van der Waals surface area contributed by atoms with Crippen LogP contribution in [0.25, 0.3) is 0 Å². The molecule has 0 bridgehead atoms. The summed E-state index contributed by atoms with van der Waals surface area (Å²) in [6.07, 6.45) is 1.69. The Hall–Kier alpha value is -1.88. The molecule has 5 heteroatoms. The van der Waals surface area contributed by atoms with Crippen molar-refractivity contribution >= 4 is 11.8 Å². The first-order valence-corrected chi connectivity index (χ1v) is 8.18. The van der Waals surface area contributed by atoms with Crippen LogP contribution in [0.1, 0.15) is 49.5 Å². The first-order chi connectivity index (χ1) is 10.8. The van der Waals surface area contributed by atoms with Gasteiger partial charge in [-0.25, -0.2) is 0 Å². The predicted molar refractivity (Wildman–Crippen MR) is 91.3 cm³/mol. The summed E-state index contributed by atoms with van der Waals surface area (Å²) in [6, 6.07) is 7.97. The van der Waals surface area contributed by atoms with E-state index in [2.05, 4.69) is 26.1 Å². The van der Waals surface area contributed by atoms with Crippen molar-refractivity contribution in [3.8, 4) is 0 Å². The maximum absolute atomic E-state index is 12.3. The molecule has 0 spiro atoms. The van der Waals surface area contributed by atoms with E-state index in [-0.39, 0.29) is 23.3 Å². The summed E-state index contributed by atoms with van der Waals surface area (Å²) in [5.41, 5.74) is 7.20. The third kappa shape index (κ3) is 5.06. The molecule has 1 aliphatic heterocycles. The van der Waals surface area contributed by atoms with Gasteiger partial charge in [0.05, 0.1) is 6.54 Å². The normalized spacial score (nSPS) is 17.0. The van der Waals surface area contributed by atoms with E-state index in [1.165, 1.54) is 5.56 Å². The van der Waals surface area contributed by atoms with Gasteiger partial charge in [-0.1, -0.05) is 32.9 Å². The number of hydrogen-bond donors (Lipinski definition) is 2. The molecule has 0 radical (unpaired) electrons. The van der Waals surface area contributed by atoms with Crippen LogP contribution in [0, 0.1) is 0 Å². The van der Waals surface area contributed by atoms with E-state index in [0.717, 1.165) is 25.9 Å². The van der Waals surface area contributed by atoms with Crippen molar-refractivity contribution in [2.75, 3.05) is 19.6 Å². The fraction of sp³-hybridized carbons (Fsp3) is 0.556. The standard InChI is InChI=1S/C18H27N3O2/c1-18(2,3)14-6-4-13(5-7-14)17(23)20-15-8-10-21(11-9-15)12-16(19)22/h4-7,15H,8-12H2,1-3H3,(H2,19,22)(H,20,23). The van der Waals surface area contributed by atoms with E-state index in [1.54, 1.807) is 0 Å². The lowest BCUT2D eigenvalue weighted by Crippen LogP contribution is -2.46. The van der Waals surface area contributed by atoms with Crippen molar-refractivity contribution in [3.63, 3.8) is 0 Å². The Balaban J connectivity index is 1.87. The lowest BCUT2D eigenvalue weighted by Gasteiger charge is -2.31. The Morgan fingerprint density at radius 3 is 2.22 bits per heavy atom. The second-order valence-electron chi connectivity index (χ2n) is 7.32. The van der Waals surface area contributed by atoms with Gasteiger partial charge in [0.1, 0.15) is 0 Å². The number of benzene rings is 1. The Kier molecular flexibility index (Phi) is 5.42. The van der Waals surface area contributed by atoms with Gasteiger partial charge >= 0.3 is 0 Å². The van der Waals surface area contributed by atoms with E-state index < -0.39 is 0 Å². The molecule has 0 saturated carbocycles. The quantitative estimate of drug-likeness (QED) is 0.887. The van der Waals surface area contributed by atoms with Gasteiger partial charge in [-0.3, -0.25) is 14.5 Å². The highest BCUT2D eigenvalue weighted by Gasteiger charge is 2.22. The summed E-state index contributed by atoms with van der Waals surface area (Å²) < 4.78 is 0. The van der Waals surface area contributed by atoms with Crippen LogP contribution in [0.3, 0.4) is 0 Å². The Labute approximate surface area is 138 Å². The number of nitrogens with zero attached hydrogens (tertiary/aromatic N) is 1. The number of hydrogen-bond acceptors (Lipinski definition) is 3. The highest BCUT2D eigenvalue weighted by molar-refractivity contribution is 5.94.